The summed E-state index contributed by atoms with van der Waals surface area (Å²) >= 11 is 0. The van der Waals surface area contributed by atoms with Gasteiger partial charge in [-0.1, -0.05) is 19.6 Å². The van der Waals surface area contributed by atoms with E-state index in [1.165, 1.54) is 0 Å². The lowest BCUT2D eigenvalue weighted by Crippen LogP contribution is -2.70. The van der Waals surface area contributed by atoms with Gasteiger partial charge in [-0.3, -0.25) is 9.63 Å². The van der Waals surface area contributed by atoms with Crippen LogP contribution < -0.4 is 11.5 Å². The number of esters is 1. The molecule has 0 aromatic carbocycles. The molecule has 0 radical (unpaired) electrons. The van der Waals surface area contributed by atoms with Gasteiger partial charge in [0.05, 0.1) is 13.8 Å². The van der Waals surface area contributed by atoms with Crippen LogP contribution in [0.3, 0.4) is 0 Å². The molecule has 0 aliphatic carbocycles. The Bertz CT molecular complexity index is 453. The van der Waals surface area contributed by atoms with Crippen LogP contribution in [0.1, 0.15) is 6.92 Å². The van der Waals surface area contributed by atoms with E-state index >= 15 is 0 Å². The molecule has 1 saturated heterocycles. The SMILES string of the molecule is CC(OC(=O)CON1C(=O)[C@@H](N)[C@H]1COC(N)=O)[Si](C)(C)C. The molecule has 126 valence electrons. The van der Waals surface area contributed by atoms with Crippen LogP contribution >= 0.6 is 0 Å². The Balaban J connectivity index is 2.43. The van der Waals surface area contributed by atoms with Crippen molar-refractivity contribution in [3.05, 3.63) is 0 Å². The Morgan fingerprint density at radius 3 is 2.45 bits per heavy atom. The van der Waals surface area contributed by atoms with Crippen molar-refractivity contribution in [1.82, 2.24) is 5.06 Å². The first-order valence-corrected chi connectivity index (χ1v) is 10.4. The molecule has 22 heavy (non-hydrogen) atoms. The molecule has 0 bridgehead atoms. The van der Waals surface area contributed by atoms with Crippen LogP contribution in [0.25, 0.3) is 0 Å². The van der Waals surface area contributed by atoms with E-state index in [-0.39, 0.29) is 12.3 Å². The molecule has 0 aromatic heterocycles. The molecular formula is C12H23N3O6Si. The molecular weight excluding hydrogens is 310 g/mol. The summed E-state index contributed by atoms with van der Waals surface area (Å²) in [6, 6.07) is -1.52. The summed E-state index contributed by atoms with van der Waals surface area (Å²) < 4.78 is 9.84. The molecule has 0 aromatic rings. The van der Waals surface area contributed by atoms with Crippen molar-refractivity contribution in [1.29, 1.82) is 0 Å². The Labute approximate surface area is 129 Å². The molecule has 1 aliphatic rings. The van der Waals surface area contributed by atoms with E-state index in [2.05, 4.69) is 24.4 Å². The minimum atomic E-state index is -1.61. The zero-order valence-corrected chi connectivity index (χ0v) is 14.2. The first kappa shape index (κ1) is 18.4. The Morgan fingerprint density at radius 1 is 1.36 bits per heavy atom. The second kappa shape index (κ2) is 7.07. The largest absolute Gasteiger partial charge is 0.465 e. The predicted molar refractivity (Wildman–Crippen MR) is 79.0 cm³/mol. The maximum atomic E-state index is 11.7. The highest BCUT2D eigenvalue weighted by Crippen LogP contribution is 2.19. The quantitative estimate of drug-likeness (QED) is 0.359. The predicted octanol–water partition coefficient (Wildman–Crippen LogP) is -0.639. The molecule has 3 atom stereocenters. The summed E-state index contributed by atoms with van der Waals surface area (Å²) in [6.45, 7) is 7.43. The highest BCUT2D eigenvalue weighted by atomic mass is 28.3. The Morgan fingerprint density at radius 2 is 1.95 bits per heavy atom. The zero-order valence-electron chi connectivity index (χ0n) is 13.2. The number of hydrogen-bond donors (Lipinski definition) is 2. The van der Waals surface area contributed by atoms with E-state index in [4.69, 9.17) is 21.0 Å². The number of hydrogen-bond acceptors (Lipinski definition) is 7. The Hall–Kier alpha value is -1.65. The third kappa shape index (κ3) is 4.68. The fourth-order valence-corrected chi connectivity index (χ4v) is 2.05. The minimum Gasteiger partial charge on any atom is -0.465 e. The van der Waals surface area contributed by atoms with Crippen molar-refractivity contribution in [3.8, 4) is 0 Å². The van der Waals surface area contributed by atoms with Gasteiger partial charge in [-0.25, -0.2) is 14.7 Å². The summed E-state index contributed by atoms with van der Waals surface area (Å²) in [5.74, 6) is -1.07. The second-order valence-corrected chi connectivity index (χ2v) is 11.7. The van der Waals surface area contributed by atoms with Crippen LogP contribution in [0.4, 0.5) is 4.79 Å². The topological polar surface area (TPSA) is 134 Å². The fourth-order valence-electron chi connectivity index (χ4n) is 1.57. The summed E-state index contributed by atoms with van der Waals surface area (Å²) in [5.41, 5.74) is 10.2. The van der Waals surface area contributed by atoms with Gasteiger partial charge in [0.2, 0.25) is 0 Å². The molecule has 4 N–H and O–H groups in total. The number of carbonyl (C=O) groups is 3. The van der Waals surface area contributed by atoms with Crippen molar-refractivity contribution in [2.75, 3.05) is 13.2 Å². The van der Waals surface area contributed by atoms with Crippen molar-refractivity contribution < 1.29 is 28.7 Å². The zero-order chi connectivity index (χ0) is 17.1. The van der Waals surface area contributed by atoms with Gasteiger partial charge < -0.3 is 20.9 Å². The van der Waals surface area contributed by atoms with Gasteiger partial charge in [0.15, 0.2) is 6.61 Å². The van der Waals surface area contributed by atoms with Crippen LogP contribution in [-0.4, -0.2) is 62.1 Å². The highest BCUT2D eigenvalue weighted by Gasteiger charge is 2.47. The Kier molecular flexibility index (Phi) is 5.91. The molecule has 0 saturated carbocycles. The molecule has 9 nitrogen and oxygen atoms in total. The van der Waals surface area contributed by atoms with Crippen LogP contribution in [0, 0.1) is 0 Å². The number of ether oxygens (including phenoxy) is 2. The number of hydroxylamine groups is 2. The molecule has 1 unspecified atom stereocenters. The summed E-state index contributed by atoms with van der Waals surface area (Å²) in [6.07, 6.45) is -0.977. The third-order valence-corrected chi connectivity index (χ3v) is 6.02. The first-order valence-electron chi connectivity index (χ1n) is 6.87. The van der Waals surface area contributed by atoms with Crippen molar-refractivity contribution in [3.63, 3.8) is 0 Å². The molecule has 1 aliphatic heterocycles. The summed E-state index contributed by atoms with van der Waals surface area (Å²) in [5, 5.41) is 0.911. The number of amides is 2. The lowest BCUT2D eigenvalue weighted by atomic mass is 10.0. The fraction of sp³-hybridized carbons (Fsp3) is 0.750. The maximum Gasteiger partial charge on any atom is 0.404 e. The lowest BCUT2D eigenvalue weighted by molar-refractivity contribution is -0.239. The van der Waals surface area contributed by atoms with Gasteiger partial charge >= 0.3 is 12.1 Å². The summed E-state index contributed by atoms with van der Waals surface area (Å²) in [4.78, 5) is 38.9. The molecule has 2 amide bonds. The molecule has 1 fully saturated rings. The van der Waals surface area contributed by atoms with Gasteiger partial charge in [-0.05, 0) is 6.92 Å². The number of primary amides is 1. The van der Waals surface area contributed by atoms with Gasteiger partial charge in [-0.15, -0.1) is 0 Å². The smallest absolute Gasteiger partial charge is 0.404 e. The maximum absolute atomic E-state index is 11.7. The summed E-state index contributed by atoms with van der Waals surface area (Å²) in [7, 11) is -1.61. The highest BCUT2D eigenvalue weighted by molar-refractivity contribution is 6.77. The van der Waals surface area contributed by atoms with Crippen LogP contribution in [0.15, 0.2) is 0 Å². The van der Waals surface area contributed by atoms with Crippen LogP contribution in [0.2, 0.25) is 19.6 Å². The molecule has 1 heterocycles. The average Bonchev–Trinajstić information content (AvgIpc) is 2.39. The first-order chi connectivity index (χ1) is 10.0. The van der Waals surface area contributed by atoms with E-state index in [1.807, 2.05) is 6.92 Å². The van der Waals surface area contributed by atoms with E-state index in [1.54, 1.807) is 0 Å². The normalized spacial score (nSPS) is 22.8. The van der Waals surface area contributed by atoms with Crippen molar-refractivity contribution in [2.24, 2.45) is 11.5 Å². The standard InChI is InChI=1S/C12H23N3O6Si/c1-7(22(2,3)4)21-9(16)6-20-15-8(5-19-12(14)18)10(13)11(15)17/h7-8,10H,5-6,13H2,1-4H3,(H2,14,18)/t7?,8-,10+/m1/s1. The number of β-lactam (4-membered cyclic amide) rings is 1. The lowest BCUT2D eigenvalue weighted by Gasteiger charge is -2.42. The van der Waals surface area contributed by atoms with Crippen LogP contribution in [0.5, 0.6) is 0 Å². The van der Waals surface area contributed by atoms with E-state index in [0.29, 0.717) is 0 Å². The number of nitrogens with two attached hydrogens (primary N) is 2. The van der Waals surface area contributed by atoms with E-state index in [0.717, 1.165) is 5.06 Å². The molecule has 10 heteroatoms. The second-order valence-electron chi connectivity index (χ2n) is 6.16. The van der Waals surface area contributed by atoms with E-state index < -0.39 is 44.7 Å². The van der Waals surface area contributed by atoms with Crippen LogP contribution in [-0.2, 0) is 23.9 Å². The van der Waals surface area contributed by atoms with Crippen molar-refractivity contribution >= 4 is 26.0 Å². The van der Waals surface area contributed by atoms with E-state index in [9.17, 15) is 14.4 Å². The average molecular weight is 333 g/mol. The molecule has 0 spiro atoms. The molecule has 1 rings (SSSR count). The van der Waals surface area contributed by atoms with Crippen molar-refractivity contribution in [2.45, 2.75) is 44.4 Å². The monoisotopic (exact) mass is 333 g/mol. The van der Waals surface area contributed by atoms with Gasteiger partial charge in [0.1, 0.15) is 18.7 Å². The number of carbonyl (C=O) groups excluding carboxylic acids is 3. The number of nitrogens with zero attached hydrogens (tertiary/aromatic N) is 1. The van der Waals surface area contributed by atoms with Gasteiger partial charge in [-0.2, -0.15) is 0 Å². The van der Waals surface area contributed by atoms with Gasteiger partial charge in [0, 0.05) is 0 Å². The third-order valence-electron chi connectivity index (χ3n) is 3.46. The van der Waals surface area contributed by atoms with Gasteiger partial charge in [0.25, 0.3) is 5.91 Å². The number of rotatable bonds is 7. The minimum absolute atomic E-state index is 0.174.